The van der Waals surface area contributed by atoms with Crippen LogP contribution in [0, 0.1) is 12.8 Å². The molecule has 1 rings (SSSR count). The first-order chi connectivity index (χ1) is 11.6. The molecule has 0 aliphatic rings. The predicted molar refractivity (Wildman–Crippen MR) is 90.0 cm³/mol. The summed E-state index contributed by atoms with van der Waals surface area (Å²) in [5.74, 6) is -1.77. The zero-order chi connectivity index (χ0) is 19.0. The molecule has 0 saturated carbocycles. The zero-order valence-electron chi connectivity index (χ0n) is 15.6. The number of carbonyl (C=O) groups is 3. The maximum absolute atomic E-state index is 12.6. The van der Waals surface area contributed by atoms with Crippen molar-refractivity contribution in [2.45, 2.75) is 65.9 Å². The van der Waals surface area contributed by atoms with Gasteiger partial charge < -0.3 is 14.0 Å². The van der Waals surface area contributed by atoms with Gasteiger partial charge in [0, 0.05) is 12.5 Å². The molecule has 1 atom stereocenters. The number of carbonyl (C=O) groups excluding carboxylic acids is 3. The summed E-state index contributed by atoms with van der Waals surface area (Å²) in [7, 11) is 0. The minimum Gasteiger partial charge on any atom is -0.466 e. The molecule has 140 valence electrons. The number of aromatic nitrogens is 1. The Hall–Kier alpha value is -2.18. The van der Waals surface area contributed by atoms with Gasteiger partial charge in [0.15, 0.2) is 11.5 Å². The van der Waals surface area contributed by atoms with Crippen LogP contribution in [0.1, 0.15) is 69.6 Å². The zero-order valence-corrected chi connectivity index (χ0v) is 15.6. The Morgan fingerprint density at radius 3 is 2.44 bits per heavy atom. The van der Waals surface area contributed by atoms with Gasteiger partial charge in [-0.15, -0.1) is 0 Å². The molecule has 0 fully saturated rings. The molecule has 1 heterocycles. The Kier molecular flexibility index (Phi) is 7.80. The number of ketones is 1. The average Bonchev–Trinajstić information content (AvgIpc) is 2.91. The summed E-state index contributed by atoms with van der Waals surface area (Å²) >= 11 is 0. The summed E-state index contributed by atoms with van der Waals surface area (Å²) in [6.45, 7) is 8.98. The molecular formula is C18H27NO6. The fraction of sp³-hybridized carbons (Fsp3) is 0.667. The summed E-state index contributed by atoms with van der Waals surface area (Å²) in [5, 5.41) is 3.69. The fourth-order valence-corrected chi connectivity index (χ4v) is 2.24. The maximum atomic E-state index is 12.6. The molecule has 25 heavy (non-hydrogen) atoms. The Labute approximate surface area is 148 Å². The van der Waals surface area contributed by atoms with Crippen molar-refractivity contribution in [3.8, 4) is 0 Å². The maximum Gasteiger partial charge on any atom is 0.317 e. The molecule has 0 N–H and O–H groups in total. The molecule has 0 aliphatic carbocycles. The second-order valence-electron chi connectivity index (χ2n) is 6.82. The molecule has 7 heteroatoms. The number of unbranched alkanes of at least 4 members (excludes halogenated alkanes) is 1. The molecular weight excluding hydrogens is 326 g/mol. The van der Waals surface area contributed by atoms with E-state index in [0.717, 1.165) is 0 Å². The third kappa shape index (κ3) is 7.49. The first-order valence-electron chi connectivity index (χ1n) is 8.50. The first-order valence-corrected chi connectivity index (χ1v) is 8.50. The van der Waals surface area contributed by atoms with Gasteiger partial charge in [0.25, 0.3) is 0 Å². The van der Waals surface area contributed by atoms with Crippen molar-refractivity contribution in [1.29, 1.82) is 0 Å². The summed E-state index contributed by atoms with van der Waals surface area (Å²) in [4.78, 5) is 36.4. The van der Waals surface area contributed by atoms with Gasteiger partial charge in [0.2, 0.25) is 0 Å². The molecule has 1 aromatic heterocycles. The number of rotatable bonds is 9. The van der Waals surface area contributed by atoms with Crippen LogP contribution in [0.3, 0.4) is 0 Å². The Bertz CT molecular complexity index is 599. The van der Waals surface area contributed by atoms with Crippen molar-refractivity contribution >= 4 is 17.7 Å². The van der Waals surface area contributed by atoms with E-state index >= 15 is 0 Å². The molecule has 1 unspecified atom stereocenters. The third-order valence-corrected chi connectivity index (χ3v) is 3.32. The normalized spacial score (nSPS) is 12.5. The van der Waals surface area contributed by atoms with Crippen LogP contribution in [0.25, 0.3) is 0 Å². The highest BCUT2D eigenvalue weighted by Gasteiger charge is 2.33. The van der Waals surface area contributed by atoms with E-state index in [0.29, 0.717) is 25.2 Å². The lowest BCUT2D eigenvalue weighted by Crippen LogP contribution is -2.33. The van der Waals surface area contributed by atoms with E-state index in [9.17, 15) is 14.4 Å². The first kappa shape index (κ1) is 20.9. The number of aryl methyl sites for hydroxylation is 1. The van der Waals surface area contributed by atoms with Crippen molar-refractivity contribution in [2.75, 3.05) is 6.61 Å². The smallest absolute Gasteiger partial charge is 0.317 e. The van der Waals surface area contributed by atoms with E-state index in [1.54, 1.807) is 34.6 Å². The highest BCUT2D eigenvalue weighted by atomic mass is 16.6. The number of nitrogens with zero attached hydrogens (tertiary/aromatic N) is 1. The van der Waals surface area contributed by atoms with E-state index in [2.05, 4.69) is 5.16 Å². The number of hydrogen-bond acceptors (Lipinski definition) is 7. The van der Waals surface area contributed by atoms with Crippen molar-refractivity contribution < 1.29 is 28.4 Å². The van der Waals surface area contributed by atoms with E-state index in [4.69, 9.17) is 14.0 Å². The quantitative estimate of drug-likeness (QED) is 0.291. The molecule has 0 radical (unpaired) electrons. The van der Waals surface area contributed by atoms with Crippen molar-refractivity contribution in [2.24, 2.45) is 5.92 Å². The monoisotopic (exact) mass is 353 g/mol. The third-order valence-electron chi connectivity index (χ3n) is 3.32. The Morgan fingerprint density at radius 1 is 1.24 bits per heavy atom. The predicted octanol–water partition coefficient (Wildman–Crippen LogP) is 3.25. The lowest BCUT2D eigenvalue weighted by Gasteiger charge is -2.23. The number of ether oxygens (including phenoxy) is 2. The van der Waals surface area contributed by atoms with E-state index < -0.39 is 23.3 Å². The summed E-state index contributed by atoms with van der Waals surface area (Å²) in [6, 6.07) is 1.50. The topological polar surface area (TPSA) is 95.7 Å². The lowest BCUT2D eigenvalue weighted by atomic mass is 9.94. The van der Waals surface area contributed by atoms with Gasteiger partial charge >= 0.3 is 11.9 Å². The largest absolute Gasteiger partial charge is 0.466 e. The molecule has 1 aromatic rings. The van der Waals surface area contributed by atoms with E-state index in [-0.39, 0.29) is 24.5 Å². The number of esters is 2. The van der Waals surface area contributed by atoms with Gasteiger partial charge in [-0.25, -0.2) is 0 Å². The van der Waals surface area contributed by atoms with Crippen molar-refractivity contribution in [1.82, 2.24) is 5.16 Å². The number of hydrogen-bond donors (Lipinski definition) is 0. The molecule has 7 nitrogen and oxygen atoms in total. The van der Waals surface area contributed by atoms with Gasteiger partial charge in [-0.05, 0) is 47.5 Å². The number of Topliss-reactive ketones (excluding diaryl/α,β-unsaturated/α-hetero) is 1. The fourth-order valence-electron chi connectivity index (χ4n) is 2.24. The van der Waals surface area contributed by atoms with Crippen LogP contribution < -0.4 is 0 Å². The van der Waals surface area contributed by atoms with Crippen molar-refractivity contribution in [3.05, 3.63) is 17.5 Å². The second kappa shape index (κ2) is 9.34. The van der Waals surface area contributed by atoms with E-state index in [1.165, 1.54) is 6.07 Å². The van der Waals surface area contributed by atoms with E-state index in [1.807, 2.05) is 0 Å². The molecule has 0 aliphatic heterocycles. The molecule has 0 aromatic carbocycles. The van der Waals surface area contributed by atoms with Gasteiger partial charge in [-0.2, -0.15) is 0 Å². The molecule has 0 saturated heterocycles. The SMILES string of the molecule is CCOC(=O)CCCCC(C(=O)OC(C)(C)C)C(=O)c1cc(C)on1. The average molecular weight is 353 g/mol. The van der Waals surface area contributed by atoms with Crippen LogP contribution in [0.4, 0.5) is 0 Å². The standard InChI is InChI=1S/C18H27NO6/c1-6-23-15(20)10-8-7-9-13(17(22)24-18(3,4)5)16(21)14-11-12(2)25-19-14/h11,13H,6-10H2,1-5H3. The van der Waals surface area contributed by atoms with Crippen LogP contribution in [0.5, 0.6) is 0 Å². The van der Waals surface area contributed by atoms with Crippen LogP contribution >= 0.6 is 0 Å². The van der Waals surface area contributed by atoms with Gasteiger partial charge in [-0.1, -0.05) is 11.6 Å². The highest BCUT2D eigenvalue weighted by Crippen LogP contribution is 2.21. The van der Waals surface area contributed by atoms with Gasteiger partial charge in [-0.3, -0.25) is 14.4 Å². The minimum atomic E-state index is -0.967. The Balaban J connectivity index is 2.72. The highest BCUT2D eigenvalue weighted by molar-refractivity contribution is 6.07. The van der Waals surface area contributed by atoms with Crippen LogP contribution in [0.15, 0.2) is 10.6 Å². The van der Waals surface area contributed by atoms with Crippen LogP contribution in [-0.4, -0.2) is 35.1 Å². The van der Waals surface area contributed by atoms with Crippen LogP contribution in [0.2, 0.25) is 0 Å². The Morgan fingerprint density at radius 2 is 1.92 bits per heavy atom. The summed E-state index contributed by atoms with van der Waals surface area (Å²) < 4.78 is 15.1. The molecule has 0 spiro atoms. The minimum absolute atomic E-state index is 0.110. The van der Waals surface area contributed by atoms with Gasteiger partial charge in [0.05, 0.1) is 6.61 Å². The lowest BCUT2D eigenvalue weighted by molar-refractivity contribution is -0.158. The summed E-state index contributed by atoms with van der Waals surface area (Å²) in [6.07, 6.45) is 1.58. The summed E-state index contributed by atoms with van der Waals surface area (Å²) in [5.41, 5.74) is -0.584. The van der Waals surface area contributed by atoms with Crippen LogP contribution in [-0.2, 0) is 19.1 Å². The second-order valence-corrected chi connectivity index (χ2v) is 6.82. The molecule has 0 bridgehead atoms. The van der Waals surface area contributed by atoms with Gasteiger partial charge in [0.1, 0.15) is 17.3 Å². The molecule has 0 amide bonds. The van der Waals surface area contributed by atoms with Crippen molar-refractivity contribution in [3.63, 3.8) is 0 Å².